The Kier molecular flexibility index (Phi) is 7.66. The molecule has 0 saturated heterocycles. The third-order valence-electron chi connectivity index (χ3n) is 4.09. The van der Waals surface area contributed by atoms with Crippen molar-refractivity contribution >= 4 is 28.6 Å². The molecule has 7 heteroatoms. The zero-order valence-corrected chi connectivity index (χ0v) is 16.6. The number of nitrogens with one attached hydrogen (secondary N) is 1. The number of benzene rings is 1. The summed E-state index contributed by atoms with van der Waals surface area (Å²) in [6, 6.07) is 7.24. The van der Waals surface area contributed by atoms with Gasteiger partial charge in [0, 0.05) is 13.2 Å². The van der Waals surface area contributed by atoms with E-state index >= 15 is 0 Å². The number of hydrogen-bond acceptors (Lipinski definition) is 5. The van der Waals surface area contributed by atoms with Crippen molar-refractivity contribution in [2.24, 2.45) is 0 Å². The topological polar surface area (TPSA) is 73.2 Å². The summed E-state index contributed by atoms with van der Waals surface area (Å²) in [6.07, 6.45) is 1.97. The molecule has 142 valence electrons. The predicted molar refractivity (Wildman–Crippen MR) is 106 cm³/mol. The first kappa shape index (κ1) is 20.5. The first-order valence-corrected chi connectivity index (χ1v) is 9.88. The minimum atomic E-state index is -0.172. The van der Waals surface area contributed by atoms with Crippen molar-refractivity contribution in [3.63, 3.8) is 0 Å². The van der Waals surface area contributed by atoms with Crippen LogP contribution in [-0.4, -0.2) is 41.0 Å². The van der Waals surface area contributed by atoms with Crippen LogP contribution in [0, 0.1) is 0 Å². The maximum Gasteiger partial charge on any atom is 0.262 e. The lowest BCUT2D eigenvalue weighted by Gasteiger charge is -2.19. The fourth-order valence-corrected chi connectivity index (χ4v) is 3.79. The maximum atomic E-state index is 12.9. The molecule has 1 aromatic carbocycles. The highest BCUT2D eigenvalue weighted by Crippen LogP contribution is 2.21. The first-order valence-electron chi connectivity index (χ1n) is 8.90. The lowest BCUT2D eigenvalue weighted by atomic mass is 10.2. The number of aromatic nitrogens is 2. The normalized spacial score (nSPS) is 13.5. The van der Waals surface area contributed by atoms with Crippen LogP contribution in [0.1, 0.15) is 39.7 Å². The molecule has 1 aromatic heterocycles. The highest BCUT2D eigenvalue weighted by molar-refractivity contribution is 7.99. The van der Waals surface area contributed by atoms with Gasteiger partial charge in [-0.2, -0.15) is 0 Å². The van der Waals surface area contributed by atoms with E-state index in [-0.39, 0.29) is 29.3 Å². The molecule has 0 bridgehead atoms. The van der Waals surface area contributed by atoms with Crippen LogP contribution in [0.5, 0.6) is 0 Å². The Morgan fingerprint density at radius 1 is 1.35 bits per heavy atom. The smallest absolute Gasteiger partial charge is 0.262 e. The second kappa shape index (κ2) is 9.73. The van der Waals surface area contributed by atoms with Crippen LogP contribution in [0.25, 0.3) is 10.9 Å². The van der Waals surface area contributed by atoms with Gasteiger partial charge in [-0.3, -0.25) is 14.2 Å². The molecule has 0 unspecified atom stereocenters. The molecule has 1 N–H and O–H groups in total. The van der Waals surface area contributed by atoms with Gasteiger partial charge in [-0.25, -0.2) is 4.98 Å². The van der Waals surface area contributed by atoms with Crippen LogP contribution in [-0.2, 0) is 9.53 Å². The van der Waals surface area contributed by atoms with E-state index in [2.05, 4.69) is 17.2 Å². The molecular formula is C19H27N3O3S. The lowest BCUT2D eigenvalue weighted by molar-refractivity contribution is -0.119. The summed E-state index contributed by atoms with van der Waals surface area (Å²) in [6.45, 7) is 6.39. The Morgan fingerprint density at radius 3 is 2.77 bits per heavy atom. The SMILES string of the molecule is CCC[C@@H](C)NC(=O)CSc1nc2ccccc2c(=O)n1[C@@H](C)COC. The third-order valence-corrected chi connectivity index (χ3v) is 5.04. The van der Waals surface area contributed by atoms with E-state index in [1.165, 1.54) is 11.8 Å². The predicted octanol–water partition coefficient (Wildman–Crippen LogP) is 3.00. The number of rotatable bonds is 9. The molecule has 1 heterocycles. The minimum absolute atomic E-state index is 0.0516. The summed E-state index contributed by atoms with van der Waals surface area (Å²) >= 11 is 1.28. The van der Waals surface area contributed by atoms with Crippen LogP contribution >= 0.6 is 11.8 Å². The van der Waals surface area contributed by atoms with Crippen LogP contribution in [0.15, 0.2) is 34.2 Å². The Hall–Kier alpha value is -1.86. The fourth-order valence-electron chi connectivity index (χ4n) is 2.88. The number of carbonyl (C=O) groups is 1. The molecular weight excluding hydrogens is 350 g/mol. The number of para-hydroxylation sites is 1. The molecule has 0 saturated carbocycles. The highest BCUT2D eigenvalue weighted by Gasteiger charge is 2.18. The maximum absolute atomic E-state index is 12.9. The lowest BCUT2D eigenvalue weighted by Crippen LogP contribution is -2.34. The third kappa shape index (κ3) is 5.08. The number of hydrogen-bond donors (Lipinski definition) is 1. The molecule has 2 rings (SSSR count). The number of carbonyl (C=O) groups excluding carboxylic acids is 1. The second-order valence-electron chi connectivity index (χ2n) is 6.44. The van der Waals surface area contributed by atoms with Gasteiger partial charge in [-0.1, -0.05) is 37.2 Å². The largest absolute Gasteiger partial charge is 0.383 e. The minimum Gasteiger partial charge on any atom is -0.383 e. The summed E-state index contributed by atoms with van der Waals surface area (Å²) < 4.78 is 6.83. The zero-order chi connectivity index (χ0) is 19.1. The Morgan fingerprint density at radius 2 is 2.08 bits per heavy atom. The van der Waals surface area contributed by atoms with Gasteiger partial charge < -0.3 is 10.1 Å². The molecule has 6 nitrogen and oxygen atoms in total. The highest BCUT2D eigenvalue weighted by atomic mass is 32.2. The average Bonchev–Trinajstić information content (AvgIpc) is 2.60. The van der Waals surface area contributed by atoms with Gasteiger partial charge in [0.05, 0.1) is 29.3 Å². The van der Waals surface area contributed by atoms with Gasteiger partial charge in [0.1, 0.15) is 0 Å². The van der Waals surface area contributed by atoms with E-state index in [1.807, 2.05) is 32.0 Å². The van der Waals surface area contributed by atoms with Crippen LogP contribution in [0.2, 0.25) is 0 Å². The average molecular weight is 378 g/mol. The second-order valence-corrected chi connectivity index (χ2v) is 7.38. The fraction of sp³-hybridized carbons (Fsp3) is 0.526. The van der Waals surface area contributed by atoms with Gasteiger partial charge in [0.25, 0.3) is 5.56 Å². The molecule has 26 heavy (non-hydrogen) atoms. The molecule has 0 spiro atoms. The number of methoxy groups -OCH3 is 1. The van der Waals surface area contributed by atoms with Crippen LogP contribution < -0.4 is 10.9 Å². The molecule has 0 aliphatic heterocycles. The molecule has 2 atom stereocenters. The summed E-state index contributed by atoms with van der Waals surface area (Å²) in [5.74, 6) is 0.169. The van der Waals surface area contributed by atoms with Crippen molar-refractivity contribution < 1.29 is 9.53 Å². The van der Waals surface area contributed by atoms with Crippen molar-refractivity contribution in [3.8, 4) is 0 Å². The van der Waals surface area contributed by atoms with Crippen LogP contribution in [0.3, 0.4) is 0 Å². The first-order chi connectivity index (χ1) is 12.5. The molecule has 0 fully saturated rings. The van der Waals surface area contributed by atoms with Crippen molar-refractivity contribution in [2.75, 3.05) is 19.5 Å². The summed E-state index contributed by atoms with van der Waals surface area (Å²) in [7, 11) is 1.60. The summed E-state index contributed by atoms with van der Waals surface area (Å²) in [5, 5.41) is 4.09. The molecule has 1 amide bonds. The number of amides is 1. The Bertz CT molecular complexity index is 806. The van der Waals surface area contributed by atoms with Gasteiger partial charge in [-0.15, -0.1) is 0 Å². The van der Waals surface area contributed by atoms with Crippen molar-refractivity contribution in [2.45, 2.75) is 50.9 Å². The van der Waals surface area contributed by atoms with Gasteiger partial charge in [0.15, 0.2) is 5.16 Å². The van der Waals surface area contributed by atoms with Crippen molar-refractivity contribution in [3.05, 3.63) is 34.6 Å². The van der Waals surface area contributed by atoms with Crippen LogP contribution in [0.4, 0.5) is 0 Å². The summed E-state index contributed by atoms with van der Waals surface area (Å²) in [5.41, 5.74) is 0.531. The van der Waals surface area contributed by atoms with E-state index in [9.17, 15) is 9.59 Å². The summed E-state index contributed by atoms with van der Waals surface area (Å²) in [4.78, 5) is 29.7. The quantitative estimate of drug-likeness (QED) is 0.537. The van der Waals surface area contributed by atoms with E-state index in [0.29, 0.717) is 22.7 Å². The number of fused-ring (bicyclic) bond motifs is 1. The Balaban J connectivity index is 2.28. The molecule has 2 aromatic rings. The van der Waals surface area contributed by atoms with E-state index in [0.717, 1.165) is 12.8 Å². The van der Waals surface area contributed by atoms with E-state index in [1.54, 1.807) is 17.7 Å². The van der Waals surface area contributed by atoms with E-state index in [4.69, 9.17) is 4.74 Å². The monoisotopic (exact) mass is 377 g/mol. The number of nitrogens with zero attached hydrogens (tertiary/aromatic N) is 2. The van der Waals surface area contributed by atoms with Gasteiger partial charge >= 0.3 is 0 Å². The van der Waals surface area contributed by atoms with E-state index < -0.39 is 0 Å². The molecule has 0 aliphatic rings. The number of ether oxygens (including phenoxy) is 1. The molecule has 0 aliphatic carbocycles. The van der Waals surface area contributed by atoms with Crippen molar-refractivity contribution in [1.29, 1.82) is 0 Å². The van der Waals surface area contributed by atoms with Gasteiger partial charge in [0.2, 0.25) is 5.91 Å². The standard InChI is InChI=1S/C19H27N3O3S/c1-5-8-13(2)20-17(23)12-26-19-21-16-10-7-6-9-15(16)18(24)22(19)14(3)11-25-4/h6-7,9-10,13-14H,5,8,11-12H2,1-4H3,(H,20,23)/t13-,14+/m1/s1. The molecule has 0 radical (unpaired) electrons. The van der Waals surface area contributed by atoms with Gasteiger partial charge in [-0.05, 0) is 32.4 Å². The zero-order valence-electron chi connectivity index (χ0n) is 15.8. The number of thioether (sulfide) groups is 1. The van der Waals surface area contributed by atoms with Crippen molar-refractivity contribution in [1.82, 2.24) is 14.9 Å². The Labute approximate surface area is 158 Å².